The van der Waals surface area contributed by atoms with Crippen molar-refractivity contribution in [1.29, 1.82) is 0 Å². The van der Waals surface area contributed by atoms with Crippen LogP contribution in [-0.4, -0.2) is 26.2 Å². The van der Waals surface area contributed by atoms with Crippen molar-refractivity contribution in [2.45, 2.75) is 10.7 Å². The largest absolute Gasteiger partial charge is 0.375 e. The molecule has 2 unspecified atom stereocenters. The van der Waals surface area contributed by atoms with Crippen molar-refractivity contribution in [3.8, 4) is 0 Å². The normalized spacial score (nSPS) is 31.1. The molecule has 0 saturated carbocycles. The van der Waals surface area contributed by atoms with E-state index in [-0.39, 0.29) is 0 Å². The summed E-state index contributed by atoms with van der Waals surface area (Å²) >= 11 is 1.16. The maximum Gasteiger partial charge on any atom is 0.248 e. The molecule has 0 aromatic heterocycles. The fourth-order valence-corrected chi connectivity index (χ4v) is 3.47. The molecule has 3 nitrogen and oxygen atoms in total. The van der Waals surface area contributed by atoms with E-state index in [0.717, 1.165) is 11.8 Å². The van der Waals surface area contributed by atoms with E-state index in [2.05, 4.69) is 0 Å². The summed E-state index contributed by atoms with van der Waals surface area (Å²) in [5, 5.41) is 1.68. The number of hydrogen-bond donors (Lipinski definition) is 0. The lowest BCUT2D eigenvalue weighted by Gasteiger charge is -2.12. The summed E-state index contributed by atoms with van der Waals surface area (Å²) in [5.74, 6) is 0. The third-order valence-corrected chi connectivity index (χ3v) is 4.96. The van der Waals surface area contributed by atoms with E-state index in [1.165, 1.54) is 7.11 Å². The third-order valence-electron chi connectivity index (χ3n) is 1.30. The Balaban J connectivity index is 2.77. The standard InChI is InChI=1S/C5H7ClO3S2/c1-9-4-2-3-10-5(4)11(6,7)8/h2-5H,1H3. The van der Waals surface area contributed by atoms with E-state index in [1.54, 1.807) is 11.5 Å². The number of hydrogen-bond acceptors (Lipinski definition) is 4. The molecule has 0 radical (unpaired) electrons. The Morgan fingerprint density at radius 2 is 2.27 bits per heavy atom. The zero-order valence-corrected chi connectivity index (χ0v) is 8.12. The van der Waals surface area contributed by atoms with Crippen molar-refractivity contribution in [1.82, 2.24) is 0 Å². The Kier molecular flexibility index (Phi) is 2.85. The molecule has 0 N–H and O–H groups in total. The SMILES string of the molecule is COC1C=CSC1S(=O)(=O)Cl. The highest BCUT2D eigenvalue weighted by atomic mass is 35.7. The zero-order chi connectivity index (χ0) is 8.48. The van der Waals surface area contributed by atoms with Gasteiger partial charge in [0.1, 0.15) is 6.10 Å². The lowest BCUT2D eigenvalue weighted by Crippen LogP contribution is -2.24. The van der Waals surface area contributed by atoms with Crippen LogP contribution in [0, 0.1) is 0 Å². The van der Waals surface area contributed by atoms with Crippen LogP contribution in [0.15, 0.2) is 11.5 Å². The van der Waals surface area contributed by atoms with E-state index >= 15 is 0 Å². The van der Waals surface area contributed by atoms with Crippen LogP contribution < -0.4 is 0 Å². The Hall–Kier alpha value is 0.290. The predicted molar refractivity (Wildman–Crippen MR) is 46.1 cm³/mol. The molecule has 1 heterocycles. The van der Waals surface area contributed by atoms with Crippen molar-refractivity contribution in [3.63, 3.8) is 0 Å². The molecule has 64 valence electrons. The first-order valence-corrected chi connectivity index (χ1v) is 6.15. The highest BCUT2D eigenvalue weighted by Gasteiger charge is 2.33. The van der Waals surface area contributed by atoms with Gasteiger partial charge in [0.2, 0.25) is 9.05 Å². The summed E-state index contributed by atoms with van der Waals surface area (Å²) in [4.78, 5) is 0. The van der Waals surface area contributed by atoms with Crippen LogP contribution in [0.5, 0.6) is 0 Å². The van der Waals surface area contributed by atoms with Gasteiger partial charge in [-0.05, 0) is 11.5 Å². The molecule has 1 aliphatic rings. The molecule has 0 fully saturated rings. The van der Waals surface area contributed by atoms with Crippen molar-refractivity contribution >= 4 is 31.5 Å². The van der Waals surface area contributed by atoms with Gasteiger partial charge in [0.15, 0.2) is 4.58 Å². The van der Waals surface area contributed by atoms with Crippen LogP contribution in [0.3, 0.4) is 0 Å². The average Bonchev–Trinajstić information content (AvgIpc) is 2.31. The lowest BCUT2D eigenvalue weighted by atomic mass is 10.4. The first-order chi connectivity index (χ1) is 5.05. The minimum atomic E-state index is -3.52. The number of thioether (sulfide) groups is 1. The van der Waals surface area contributed by atoms with Crippen LogP contribution in [-0.2, 0) is 13.8 Å². The first-order valence-electron chi connectivity index (χ1n) is 2.84. The smallest absolute Gasteiger partial charge is 0.248 e. The Morgan fingerprint density at radius 3 is 2.64 bits per heavy atom. The average molecular weight is 215 g/mol. The summed E-state index contributed by atoms with van der Waals surface area (Å²) in [7, 11) is 3.08. The van der Waals surface area contributed by atoms with Crippen molar-refractivity contribution < 1.29 is 13.2 Å². The Morgan fingerprint density at radius 1 is 1.64 bits per heavy atom. The maximum absolute atomic E-state index is 10.8. The van der Waals surface area contributed by atoms with Crippen LogP contribution in [0.25, 0.3) is 0 Å². The van der Waals surface area contributed by atoms with E-state index in [1.807, 2.05) is 0 Å². The third kappa shape index (κ3) is 2.11. The quantitative estimate of drug-likeness (QED) is 0.647. The lowest BCUT2D eigenvalue weighted by molar-refractivity contribution is 0.154. The Bertz CT molecular complexity index is 259. The monoisotopic (exact) mass is 214 g/mol. The van der Waals surface area contributed by atoms with Gasteiger partial charge >= 0.3 is 0 Å². The summed E-state index contributed by atoms with van der Waals surface area (Å²) < 4.78 is 25.8. The highest BCUT2D eigenvalue weighted by Crippen LogP contribution is 2.32. The van der Waals surface area contributed by atoms with Gasteiger partial charge in [-0.2, -0.15) is 0 Å². The van der Waals surface area contributed by atoms with Crippen molar-refractivity contribution in [2.24, 2.45) is 0 Å². The molecule has 11 heavy (non-hydrogen) atoms. The first kappa shape index (κ1) is 9.38. The number of methoxy groups -OCH3 is 1. The molecule has 0 spiro atoms. The van der Waals surface area contributed by atoms with E-state index in [9.17, 15) is 8.42 Å². The fourth-order valence-electron chi connectivity index (χ4n) is 0.785. The molecule has 6 heteroatoms. The van der Waals surface area contributed by atoms with Crippen molar-refractivity contribution in [2.75, 3.05) is 7.11 Å². The number of halogens is 1. The molecule has 2 atom stereocenters. The summed E-state index contributed by atoms with van der Waals surface area (Å²) in [6.07, 6.45) is 1.26. The van der Waals surface area contributed by atoms with Gasteiger partial charge in [-0.1, -0.05) is 0 Å². The van der Waals surface area contributed by atoms with E-state index in [0.29, 0.717) is 0 Å². The van der Waals surface area contributed by atoms with Crippen molar-refractivity contribution in [3.05, 3.63) is 11.5 Å². The molecule has 0 aromatic carbocycles. The van der Waals surface area contributed by atoms with Crippen LogP contribution in [0.1, 0.15) is 0 Å². The van der Waals surface area contributed by atoms with Crippen LogP contribution >= 0.6 is 22.4 Å². The molecule has 0 saturated heterocycles. The van der Waals surface area contributed by atoms with Gasteiger partial charge in [0.05, 0.1) is 0 Å². The van der Waals surface area contributed by atoms with E-state index < -0.39 is 19.7 Å². The summed E-state index contributed by atoms with van der Waals surface area (Å²) in [6.45, 7) is 0. The van der Waals surface area contributed by atoms with E-state index in [4.69, 9.17) is 15.4 Å². The number of rotatable bonds is 2. The second-order valence-corrected chi connectivity index (χ2v) is 6.11. The molecule has 0 bridgehead atoms. The molecule has 0 aromatic rings. The van der Waals surface area contributed by atoms with Gasteiger partial charge in [-0.25, -0.2) is 8.42 Å². The molecule has 1 rings (SSSR count). The van der Waals surface area contributed by atoms with Gasteiger partial charge < -0.3 is 4.74 Å². The fraction of sp³-hybridized carbons (Fsp3) is 0.600. The Labute approximate surface area is 74.2 Å². The minimum Gasteiger partial charge on any atom is -0.375 e. The van der Waals surface area contributed by atoms with Gasteiger partial charge in [-0.15, -0.1) is 11.8 Å². The summed E-state index contributed by atoms with van der Waals surface area (Å²) in [5.41, 5.74) is 0. The number of ether oxygens (including phenoxy) is 1. The minimum absolute atomic E-state index is 0.414. The second-order valence-electron chi connectivity index (χ2n) is 2.01. The van der Waals surface area contributed by atoms with Crippen LogP contribution in [0.4, 0.5) is 0 Å². The molecule has 1 aliphatic heterocycles. The van der Waals surface area contributed by atoms with Gasteiger partial charge in [0, 0.05) is 17.8 Å². The highest BCUT2D eigenvalue weighted by molar-refractivity contribution is 8.25. The van der Waals surface area contributed by atoms with Gasteiger partial charge in [0.25, 0.3) is 0 Å². The summed E-state index contributed by atoms with van der Waals surface area (Å²) in [6, 6.07) is 0. The van der Waals surface area contributed by atoms with Crippen LogP contribution in [0.2, 0.25) is 0 Å². The maximum atomic E-state index is 10.8. The topological polar surface area (TPSA) is 43.4 Å². The molecular formula is C5H7ClO3S2. The van der Waals surface area contributed by atoms with Gasteiger partial charge in [-0.3, -0.25) is 0 Å². The molecule has 0 amide bonds. The molecular weight excluding hydrogens is 208 g/mol. The zero-order valence-electron chi connectivity index (χ0n) is 5.73. The molecule has 0 aliphatic carbocycles. The second kappa shape index (κ2) is 3.35. The predicted octanol–water partition coefficient (Wildman–Crippen LogP) is 1.16.